The Kier molecular flexibility index (Phi) is 5.66. The Labute approximate surface area is 136 Å². The van der Waals surface area contributed by atoms with Crippen molar-refractivity contribution in [1.29, 1.82) is 0 Å². The van der Waals surface area contributed by atoms with Crippen LogP contribution in [0.3, 0.4) is 0 Å². The van der Waals surface area contributed by atoms with Gasteiger partial charge < -0.3 is 10.2 Å². The Morgan fingerprint density at radius 3 is 2.86 bits per heavy atom. The molecule has 1 aromatic carbocycles. The van der Waals surface area contributed by atoms with Gasteiger partial charge in [-0.15, -0.1) is 18.3 Å². The zero-order chi connectivity index (χ0) is 16.1. The van der Waals surface area contributed by atoms with E-state index in [1.54, 1.807) is 16.7 Å². The topological polar surface area (TPSA) is 49.4 Å². The van der Waals surface area contributed by atoms with Crippen molar-refractivity contribution in [3.8, 4) is 0 Å². The first kappa shape index (κ1) is 16.6. The van der Waals surface area contributed by atoms with E-state index in [-0.39, 0.29) is 23.8 Å². The quantitative estimate of drug-likeness (QED) is 0.647. The van der Waals surface area contributed by atoms with Crippen molar-refractivity contribution in [1.82, 2.24) is 4.90 Å². The Morgan fingerprint density at radius 2 is 2.23 bits per heavy atom. The highest BCUT2D eigenvalue weighted by atomic mass is 32.2. The molecule has 2 rings (SSSR count). The molecule has 5 heteroatoms. The van der Waals surface area contributed by atoms with E-state index in [0.29, 0.717) is 13.0 Å². The average molecular weight is 318 g/mol. The monoisotopic (exact) mass is 318 g/mol. The van der Waals surface area contributed by atoms with Crippen LogP contribution in [0.15, 0.2) is 41.8 Å². The van der Waals surface area contributed by atoms with Gasteiger partial charge in [-0.2, -0.15) is 0 Å². The average Bonchev–Trinajstić information content (AvgIpc) is 2.88. The summed E-state index contributed by atoms with van der Waals surface area (Å²) >= 11 is 1.63. The first-order valence-corrected chi connectivity index (χ1v) is 8.44. The fourth-order valence-corrected chi connectivity index (χ4v) is 3.23. The Bertz CT molecular complexity index is 572. The zero-order valence-corrected chi connectivity index (χ0v) is 13.9. The van der Waals surface area contributed by atoms with E-state index in [2.05, 4.69) is 11.9 Å². The lowest BCUT2D eigenvalue weighted by molar-refractivity contribution is -0.129. The number of rotatable bonds is 6. The van der Waals surface area contributed by atoms with Gasteiger partial charge in [-0.3, -0.25) is 9.59 Å². The van der Waals surface area contributed by atoms with Gasteiger partial charge in [0.1, 0.15) is 0 Å². The molecule has 1 fully saturated rings. The SMILES string of the molecule is C=CCSc1ccccc1NC(=O)[C@H]1CC(=O)N(C(C)C)C1. The van der Waals surface area contributed by atoms with E-state index in [0.717, 1.165) is 16.3 Å². The zero-order valence-electron chi connectivity index (χ0n) is 13.0. The lowest BCUT2D eigenvalue weighted by atomic mass is 10.1. The summed E-state index contributed by atoms with van der Waals surface area (Å²) in [4.78, 5) is 27.1. The van der Waals surface area contributed by atoms with E-state index >= 15 is 0 Å². The number of amides is 2. The highest BCUT2D eigenvalue weighted by Crippen LogP contribution is 2.28. The number of anilines is 1. The van der Waals surface area contributed by atoms with Crippen molar-refractivity contribution < 1.29 is 9.59 Å². The number of nitrogens with zero attached hydrogens (tertiary/aromatic N) is 1. The summed E-state index contributed by atoms with van der Waals surface area (Å²) in [6.45, 7) is 8.16. The van der Waals surface area contributed by atoms with Crippen molar-refractivity contribution in [3.05, 3.63) is 36.9 Å². The maximum atomic E-state index is 12.4. The number of nitrogens with one attached hydrogen (secondary N) is 1. The second-order valence-electron chi connectivity index (χ2n) is 5.63. The number of para-hydroxylation sites is 1. The number of hydrogen-bond acceptors (Lipinski definition) is 3. The molecule has 0 radical (unpaired) electrons. The summed E-state index contributed by atoms with van der Waals surface area (Å²) in [5.74, 6) is 0.496. The number of carbonyl (C=O) groups excluding carboxylic acids is 2. The van der Waals surface area contributed by atoms with E-state index in [1.165, 1.54) is 0 Å². The van der Waals surface area contributed by atoms with Crippen LogP contribution in [0.1, 0.15) is 20.3 Å². The van der Waals surface area contributed by atoms with Crippen molar-refractivity contribution in [2.75, 3.05) is 17.6 Å². The molecule has 0 saturated carbocycles. The fraction of sp³-hybridized carbons (Fsp3) is 0.412. The molecule has 0 aliphatic carbocycles. The van der Waals surface area contributed by atoms with Gasteiger partial charge in [0.2, 0.25) is 11.8 Å². The van der Waals surface area contributed by atoms with Crippen LogP contribution in [0, 0.1) is 5.92 Å². The van der Waals surface area contributed by atoms with Gasteiger partial charge in [-0.1, -0.05) is 18.2 Å². The summed E-state index contributed by atoms with van der Waals surface area (Å²) in [7, 11) is 0. The summed E-state index contributed by atoms with van der Waals surface area (Å²) < 4.78 is 0. The second kappa shape index (κ2) is 7.49. The summed E-state index contributed by atoms with van der Waals surface area (Å²) in [5.41, 5.74) is 0.801. The van der Waals surface area contributed by atoms with Crippen LogP contribution in [0.2, 0.25) is 0 Å². The first-order chi connectivity index (χ1) is 10.5. The number of hydrogen-bond donors (Lipinski definition) is 1. The highest BCUT2D eigenvalue weighted by Gasteiger charge is 2.35. The maximum absolute atomic E-state index is 12.4. The van der Waals surface area contributed by atoms with E-state index in [4.69, 9.17) is 0 Å². The molecule has 1 atom stereocenters. The summed E-state index contributed by atoms with van der Waals surface area (Å²) in [6.07, 6.45) is 2.13. The van der Waals surface area contributed by atoms with E-state index < -0.39 is 0 Å². The van der Waals surface area contributed by atoms with Gasteiger partial charge in [0.25, 0.3) is 0 Å². The van der Waals surface area contributed by atoms with Gasteiger partial charge in [-0.25, -0.2) is 0 Å². The molecule has 1 aliphatic rings. The predicted octanol–water partition coefficient (Wildman–Crippen LogP) is 3.16. The van der Waals surface area contributed by atoms with Gasteiger partial charge in [0.05, 0.1) is 11.6 Å². The Hall–Kier alpha value is -1.75. The van der Waals surface area contributed by atoms with Gasteiger partial charge in [0.15, 0.2) is 0 Å². The van der Waals surface area contributed by atoms with Crippen LogP contribution in [0.25, 0.3) is 0 Å². The van der Waals surface area contributed by atoms with Crippen molar-refractivity contribution in [2.45, 2.75) is 31.2 Å². The van der Waals surface area contributed by atoms with E-state index in [9.17, 15) is 9.59 Å². The maximum Gasteiger partial charge on any atom is 0.229 e. The summed E-state index contributed by atoms with van der Waals surface area (Å²) in [5, 5.41) is 2.97. The molecule has 0 bridgehead atoms. The molecule has 1 aromatic rings. The fourth-order valence-electron chi connectivity index (χ4n) is 2.49. The van der Waals surface area contributed by atoms with Crippen LogP contribution < -0.4 is 5.32 Å². The van der Waals surface area contributed by atoms with Gasteiger partial charge in [0, 0.05) is 29.7 Å². The standard InChI is InChI=1S/C17H22N2O2S/c1-4-9-22-15-8-6-5-7-14(15)18-17(21)13-10-16(20)19(11-13)12(2)3/h4-8,12-13H,1,9-11H2,2-3H3,(H,18,21)/t13-/m0/s1. The molecular weight excluding hydrogens is 296 g/mol. The van der Waals surface area contributed by atoms with Crippen LogP contribution >= 0.6 is 11.8 Å². The molecule has 1 heterocycles. The minimum Gasteiger partial charge on any atom is -0.339 e. The molecule has 0 spiro atoms. The normalized spacial score (nSPS) is 17.9. The van der Waals surface area contributed by atoms with Crippen LogP contribution in [0.5, 0.6) is 0 Å². The predicted molar refractivity (Wildman–Crippen MR) is 90.9 cm³/mol. The van der Waals surface area contributed by atoms with Crippen molar-refractivity contribution in [3.63, 3.8) is 0 Å². The van der Waals surface area contributed by atoms with Crippen LogP contribution in [-0.2, 0) is 9.59 Å². The molecule has 2 amide bonds. The molecule has 4 nitrogen and oxygen atoms in total. The number of likely N-dealkylation sites (tertiary alicyclic amines) is 1. The lowest BCUT2D eigenvalue weighted by Crippen LogP contribution is -2.33. The highest BCUT2D eigenvalue weighted by molar-refractivity contribution is 7.99. The van der Waals surface area contributed by atoms with Gasteiger partial charge in [-0.05, 0) is 26.0 Å². The third-order valence-corrected chi connectivity index (χ3v) is 4.72. The molecule has 22 heavy (non-hydrogen) atoms. The van der Waals surface area contributed by atoms with Crippen LogP contribution in [0.4, 0.5) is 5.69 Å². The summed E-state index contributed by atoms with van der Waals surface area (Å²) in [6, 6.07) is 7.85. The molecule has 0 aromatic heterocycles. The van der Waals surface area contributed by atoms with Crippen molar-refractivity contribution in [2.24, 2.45) is 5.92 Å². The molecule has 1 saturated heterocycles. The largest absolute Gasteiger partial charge is 0.339 e. The number of benzene rings is 1. The third kappa shape index (κ3) is 3.91. The number of carbonyl (C=O) groups is 2. The molecule has 118 valence electrons. The molecule has 1 aliphatic heterocycles. The molecule has 1 N–H and O–H groups in total. The van der Waals surface area contributed by atoms with Crippen molar-refractivity contribution >= 4 is 29.3 Å². The van der Waals surface area contributed by atoms with Crippen LogP contribution in [-0.4, -0.2) is 35.1 Å². The number of thioether (sulfide) groups is 1. The molecule has 0 unspecified atom stereocenters. The Balaban J connectivity index is 2.04. The lowest BCUT2D eigenvalue weighted by Gasteiger charge is -2.20. The second-order valence-corrected chi connectivity index (χ2v) is 6.69. The molecular formula is C17H22N2O2S. The minimum absolute atomic E-state index is 0.0597. The minimum atomic E-state index is -0.271. The first-order valence-electron chi connectivity index (χ1n) is 7.46. The van der Waals surface area contributed by atoms with E-state index in [1.807, 2.05) is 44.2 Å². The van der Waals surface area contributed by atoms with Gasteiger partial charge >= 0.3 is 0 Å². The Morgan fingerprint density at radius 1 is 1.50 bits per heavy atom. The smallest absolute Gasteiger partial charge is 0.229 e. The third-order valence-electron chi connectivity index (χ3n) is 3.65.